The van der Waals surface area contributed by atoms with E-state index in [1.165, 1.54) is 23.5 Å². The average molecular weight is 505 g/mol. The monoisotopic (exact) mass is 504 g/mol. The molecule has 8 nitrogen and oxygen atoms in total. The van der Waals surface area contributed by atoms with Gasteiger partial charge in [0.2, 0.25) is 0 Å². The van der Waals surface area contributed by atoms with Gasteiger partial charge < -0.3 is 9.80 Å². The van der Waals surface area contributed by atoms with Crippen molar-refractivity contribution in [2.75, 3.05) is 39.3 Å². The number of thiazole rings is 1. The molecule has 2 saturated heterocycles. The molecule has 6 rings (SSSR count). The number of likely N-dealkylation sites (tertiary alicyclic amines) is 1. The van der Waals surface area contributed by atoms with Crippen molar-refractivity contribution in [2.24, 2.45) is 0 Å². The fourth-order valence-corrected chi connectivity index (χ4v) is 5.64. The van der Waals surface area contributed by atoms with E-state index in [0.29, 0.717) is 42.8 Å². The quantitative estimate of drug-likeness (QED) is 0.427. The molecule has 2 aromatic heterocycles. The molecule has 4 aromatic rings. The van der Waals surface area contributed by atoms with Crippen molar-refractivity contribution in [1.29, 1.82) is 0 Å². The number of imidazole rings is 1. The van der Waals surface area contributed by atoms with Crippen LogP contribution in [0.15, 0.2) is 54.0 Å². The molecule has 2 fully saturated rings. The molecule has 36 heavy (non-hydrogen) atoms. The van der Waals surface area contributed by atoms with E-state index < -0.39 is 0 Å². The molecule has 0 unspecified atom stereocenters. The molecule has 0 saturated carbocycles. The van der Waals surface area contributed by atoms with Crippen LogP contribution in [0.25, 0.3) is 16.7 Å². The van der Waals surface area contributed by atoms with Gasteiger partial charge in [0.05, 0.1) is 11.0 Å². The Morgan fingerprint density at radius 2 is 1.72 bits per heavy atom. The fraction of sp³-hybridized carbons (Fsp3) is 0.308. The van der Waals surface area contributed by atoms with Crippen LogP contribution in [0.5, 0.6) is 0 Å². The lowest BCUT2D eigenvalue weighted by atomic mass is 10.0. The van der Waals surface area contributed by atoms with E-state index in [2.05, 4.69) is 14.9 Å². The lowest BCUT2D eigenvalue weighted by molar-refractivity contribution is 0.00854. The Morgan fingerprint density at radius 1 is 0.972 bits per heavy atom. The Kier molecular flexibility index (Phi) is 5.77. The summed E-state index contributed by atoms with van der Waals surface area (Å²) in [6.07, 6.45) is 1.66. The highest BCUT2D eigenvalue weighted by Gasteiger charge is 2.37. The summed E-state index contributed by atoms with van der Waals surface area (Å²) in [7, 11) is 0. The number of fused-ring (bicyclic) bond motifs is 1. The number of hydrogen-bond acceptors (Lipinski definition) is 6. The van der Waals surface area contributed by atoms with Crippen molar-refractivity contribution in [3.05, 3.63) is 76.3 Å². The van der Waals surface area contributed by atoms with Crippen molar-refractivity contribution in [1.82, 2.24) is 29.2 Å². The number of carbonyl (C=O) groups excluding carboxylic acids is 2. The van der Waals surface area contributed by atoms with Crippen LogP contribution in [0.2, 0.25) is 0 Å². The third-order valence-electron chi connectivity index (χ3n) is 7.04. The molecule has 2 aliphatic heterocycles. The second kappa shape index (κ2) is 9.11. The number of amides is 2. The third kappa shape index (κ3) is 4.06. The van der Waals surface area contributed by atoms with Gasteiger partial charge in [-0.2, -0.15) is 0 Å². The van der Waals surface area contributed by atoms with E-state index >= 15 is 0 Å². The van der Waals surface area contributed by atoms with E-state index in [0.717, 1.165) is 35.6 Å². The maximum atomic E-state index is 13.4. The largest absolute Gasteiger partial charge is 0.335 e. The highest BCUT2D eigenvalue weighted by Crippen LogP contribution is 2.25. The number of rotatable bonds is 4. The lowest BCUT2D eigenvalue weighted by Gasteiger charge is -2.48. The topological polar surface area (TPSA) is 74.6 Å². The Bertz CT molecular complexity index is 1420. The zero-order valence-corrected chi connectivity index (χ0v) is 20.6. The summed E-state index contributed by atoms with van der Waals surface area (Å²) in [6.45, 7) is 6.22. The predicted molar refractivity (Wildman–Crippen MR) is 135 cm³/mol. The van der Waals surface area contributed by atoms with Gasteiger partial charge in [-0.15, -0.1) is 11.3 Å². The van der Waals surface area contributed by atoms with E-state index in [4.69, 9.17) is 0 Å². The SMILES string of the molecule is Cc1nc2cc(C(=O)N3CC(N4CCN(C(=O)c5nccs5)CC4)C3)ccc2n1-c1ccc(F)cc1. The molecule has 0 atom stereocenters. The highest BCUT2D eigenvalue weighted by molar-refractivity contribution is 7.11. The molecule has 0 aliphatic carbocycles. The Hall–Kier alpha value is -3.63. The summed E-state index contributed by atoms with van der Waals surface area (Å²) in [5.74, 6) is 0.493. The van der Waals surface area contributed by atoms with E-state index in [9.17, 15) is 14.0 Å². The molecule has 0 spiro atoms. The smallest absolute Gasteiger partial charge is 0.282 e. The minimum Gasteiger partial charge on any atom is -0.335 e. The maximum Gasteiger partial charge on any atom is 0.282 e. The summed E-state index contributed by atoms with van der Waals surface area (Å²) in [4.78, 5) is 40.5. The molecule has 2 amide bonds. The molecular weight excluding hydrogens is 479 g/mol. The number of carbonyl (C=O) groups is 2. The number of benzene rings is 2. The van der Waals surface area contributed by atoms with Gasteiger partial charge in [-0.25, -0.2) is 14.4 Å². The number of piperazine rings is 1. The van der Waals surface area contributed by atoms with Gasteiger partial charge in [-0.3, -0.25) is 19.1 Å². The summed E-state index contributed by atoms with van der Waals surface area (Å²) < 4.78 is 15.3. The van der Waals surface area contributed by atoms with Crippen molar-refractivity contribution in [2.45, 2.75) is 13.0 Å². The van der Waals surface area contributed by atoms with Crippen molar-refractivity contribution in [3.63, 3.8) is 0 Å². The van der Waals surface area contributed by atoms with Crippen LogP contribution in [-0.2, 0) is 0 Å². The molecule has 0 N–H and O–H groups in total. The lowest BCUT2D eigenvalue weighted by Crippen LogP contribution is -2.64. The van der Waals surface area contributed by atoms with Gasteiger partial charge in [-0.05, 0) is 49.4 Å². The molecule has 2 aromatic carbocycles. The second-order valence-electron chi connectivity index (χ2n) is 9.20. The first-order valence-corrected chi connectivity index (χ1v) is 12.8. The second-order valence-corrected chi connectivity index (χ2v) is 10.1. The highest BCUT2D eigenvalue weighted by atomic mass is 32.1. The third-order valence-corrected chi connectivity index (χ3v) is 7.80. The predicted octanol–water partition coefficient (Wildman–Crippen LogP) is 3.21. The van der Waals surface area contributed by atoms with Crippen LogP contribution in [0.3, 0.4) is 0 Å². The van der Waals surface area contributed by atoms with Gasteiger partial charge in [0.25, 0.3) is 11.8 Å². The Labute approximate surface area is 211 Å². The first-order chi connectivity index (χ1) is 17.5. The van der Waals surface area contributed by atoms with Gasteiger partial charge in [0.1, 0.15) is 11.6 Å². The van der Waals surface area contributed by atoms with Crippen LogP contribution in [-0.4, -0.2) is 86.4 Å². The molecular formula is C26H25FN6O2S. The van der Waals surface area contributed by atoms with Crippen LogP contribution in [0, 0.1) is 12.7 Å². The molecule has 0 radical (unpaired) electrons. The normalized spacial score (nSPS) is 16.9. The van der Waals surface area contributed by atoms with Crippen molar-refractivity contribution in [3.8, 4) is 5.69 Å². The number of nitrogens with zero attached hydrogens (tertiary/aromatic N) is 6. The Morgan fingerprint density at radius 3 is 2.42 bits per heavy atom. The molecule has 4 heterocycles. The fourth-order valence-electron chi connectivity index (χ4n) is 5.04. The van der Waals surface area contributed by atoms with Crippen LogP contribution >= 0.6 is 11.3 Å². The standard InChI is InChI=1S/C26H25FN6O2S/c1-17-29-22-14-18(2-7-23(22)33(17)20-5-3-19(27)4-6-20)25(34)32-15-21(16-32)30-9-11-31(12-10-30)26(35)24-28-8-13-36-24/h2-8,13-14,21H,9-12,15-16H2,1H3. The zero-order chi connectivity index (χ0) is 24.8. The first-order valence-electron chi connectivity index (χ1n) is 11.9. The van der Waals surface area contributed by atoms with Crippen LogP contribution < -0.4 is 0 Å². The number of halogens is 1. The van der Waals surface area contributed by atoms with Gasteiger partial charge in [0, 0.05) is 68.1 Å². The molecule has 10 heteroatoms. The maximum absolute atomic E-state index is 13.4. The van der Waals surface area contributed by atoms with Crippen LogP contribution in [0.4, 0.5) is 4.39 Å². The van der Waals surface area contributed by atoms with E-state index in [1.54, 1.807) is 18.3 Å². The van der Waals surface area contributed by atoms with Gasteiger partial charge >= 0.3 is 0 Å². The summed E-state index contributed by atoms with van der Waals surface area (Å²) >= 11 is 1.37. The van der Waals surface area contributed by atoms with E-state index in [-0.39, 0.29) is 17.6 Å². The Balaban J connectivity index is 1.08. The summed E-state index contributed by atoms with van der Waals surface area (Å²) in [6, 6.07) is 12.2. The minimum atomic E-state index is -0.285. The molecule has 184 valence electrons. The first kappa shape index (κ1) is 22.8. The summed E-state index contributed by atoms with van der Waals surface area (Å²) in [5, 5.41) is 2.36. The van der Waals surface area contributed by atoms with Gasteiger partial charge in [0.15, 0.2) is 5.01 Å². The zero-order valence-electron chi connectivity index (χ0n) is 19.8. The number of aryl methyl sites for hydroxylation is 1. The average Bonchev–Trinajstić information content (AvgIpc) is 3.51. The van der Waals surface area contributed by atoms with Crippen molar-refractivity contribution < 1.29 is 14.0 Å². The molecule has 0 bridgehead atoms. The summed E-state index contributed by atoms with van der Waals surface area (Å²) in [5.41, 5.74) is 3.06. The molecule has 2 aliphatic rings. The number of aromatic nitrogens is 3. The van der Waals surface area contributed by atoms with Gasteiger partial charge in [-0.1, -0.05) is 0 Å². The van der Waals surface area contributed by atoms with E-state index in [1.807, 2.05) is 44.9 Å². The van der Waals surface area contributed by atoms with Crippen LogP contribution in [0.1, 0.15) is 26.0 Å². The number of hydrogen-bond donors (Lipinski definition) is 0. The minimum absolute atomic E-state index is 0.000260. The van der Waals surface area contributed by atoms with Crippen molar-refractivity contribution >= 4 is 34.2 Å².